The summed E-state index contributed by atoms with van der Waals surface area (Å²) in [6.07, 6.45) is 7.74. The van der Waals surface area contributed by atoms with E-state index in [1.165, 1.54) is 12.1 Å². The monoisotopic (exact) mass is 557 g/mol. The average molecular weight is 558 g/mol. The van der Waals surface area contributed by atoms with Gasteiger partial charge in [0.25, 0.3) is 0 Å². The van der Waals surface area contributed by atoms with Gasteiger partial charge < -0.3 is 10.3 Å². The van der Waals surface area contributed by atoms with Crippen LogP contribution < -0.4 is 5.32 Å². The number of carbonyl (C=O) groups excluding carboxylic acids is 1. The predicted octanol–water partition coefficient (Wildman–Crippen LogP) is 7.68. The molecule has 0 unspecified atom stereocenters. The molecule has 0 fully saturated rings. The molecule has 1 amide bonds. The lowest BCUT2D eigenvalue weighted by Crippen LogP contribution is -2.23. The third kappa shape index (κ3) is 6.05. The average Bonchev–Trinajstić information content (AvgIpc) is 3.59. The van der Waals surface area contributed by atoms with Gasteiger partial charge in [-0.1, -0.05) is 67.3 Å². The van der Waals surface area contributed by atoms with Crippen LogP contribution in [-0.4, -0.2) is 26.1 Å². The Morgan fingerprint density at radius 1 is 1.00 bits per heavy atom. The van der Waals surface area contributed by atoms with E-state index < -0.39 is 0 Å². The standard InChI is InChI=1S/C35H32FN5O/c1-5-24(20-28(6-2)38-32(42)18-23-12-9-8-10-13-23)25-16-17-31-30(21-25)34(41-40-31)35-37-22(4)33(39-35)29(7-3)26-14-11-15-27(36)19-26/h5-17,19-21H,2,18H2,1,3-4H3,(H,37,39)(H,38,42)(H,40,41)/b24-5+,28-20+,29-7-. The van der Waals surface area contributed by atoms with Crippen LogP contribution >= 0.6 is 0 Å². The summed E-state index contributed by atoms with van der Waals surface area (Å²) in [5, 5.41) is 11.5. The first-order valence-corrected chi connectivity index (χ1v) is 13.7. The van der Waals surface area contributed by atoms with Crippen molar-refractivity contribution in [2.24, 2.45) is 0 Å². The van der Waals surface area contributed by atoms with Gasteiger partial charge in [-0.05, 0) is 79.5 Å². The fraction of sp³-hybridized carbons (Fsp3) is 0.114. The molecule has 5 aromatic rings. The number of rotatable bonds is 9. The van der Waals surface area contributed by atoms with Crippen molar-refractivity contribution in [3.05, 3.63) is 143 Å². The highest BCUT2D eigenvalue weighted by molar-refractivity contribution is 5.95. The lowest BCUT2D eigenvalue weighted by Gasteiger charge is -2.09. The minimum Gasteiger partial charge on any atom is -0.340 e. The third-order valence-electron chi connectivity index (χ3n) is 7.02. The van der Waals surface area contributed by atoms with Gasteiger partial charge in [0.2, 0.25) is 5.91 Å². The summed E-state index contributed by atoms with van der Waals surface area (Å²) < 4.78 is 14.0. The van der Waals surface area contributed by atoms with Crippen molar-refractivity contribution in [2.75, 3.05) is 0 Å². The maximum atomic E-state index is 14.0. The number of benzene rings is 3. The second-order valence-corrected chi connectivity index (χ2v) is 9.86. The van der Waals surface area contributed by atoms with E-state index in [1.54, 1.807) is 12.1 Å². The van der Waals surface area contributed by atoms with E-state index in [9.17, 15) is 9.18 Å². The quantitative estimate of drug-likeness (QED) is 0.162. The van der Waals surface area contributed by atoms with Gasteiger partial charge in [0.15, 0.2) is 5.82 Å². The predicted molar refractivity (Wildman–Crippen MR) is 168 cm³/mol. The van der Waals surface area contributed by atoms with Gasteiger partial charge in [0.05, 0.1) is 17.6 Å². The number of amides is 1. The highest BCUT2D eigenvalue weighted by Crippen LogP contribution is 2.32. The number of aromatic nitrogens is 4. The van der Waals surface area contributed by atoms with E-state index in [-0.39, 0.29) is 18.1 Å². The molecule has 2 aromatic heterocycles. The molecule has 0 saturated heterocycles. The number of aryl methyl sites for hydroxylation is 1. The van der Waals surface area contributed by atoms with Gasteiger partial charge in [-0.3, -0.25) is 9.89 Å². The number of fused-ring (bicyclic) bond motifs is 1. The van der Waals surface area contributed by atoms with Crippen molar-refractivity contribution in [1.82, 2.24) is 25.5 Å². The van der Waals surface area contributed by atoms with Crippen LogP contribution in [0.3, 0.4) is 0 Å². The Kier molecular flexibility index (Phi) is 8.39. The topological polar surface area (TPSA) is 86.5 Å². The maximum absolute atomic E-state index is 14.0. The Morgan fingerprint density at radius 3 is 2.52 bits per heavy atom. The zero-order valence-electron chi connectivity index (χ0n) is 23.8. The number of imidazole rings is 1. The van der Waals surface area contributed by atoms with E-state index >= 15 is 0 Å². The number of allylic oxidation sites excluding steroid dienone is 5. The maximum Gasteiger partial charge on any atom is 0.228 e. The van der Waals surface area contributed by atoms with Gasteiger partial charge in [0.1, 0.15) is 11.5 Å². The van der Waals surface area contributed by atoms with E-state index in [4.69, 9.17) is 4.98 Å². The summed E-state index contributed by atoms with van der Waals surface area (Å²) in [6.45, 7) is 9.70. The molecule has 7 heteroatoms. The van der Waals surface area contributed by atoms with Gasteiger partial charge in [0, 0.05) is 22.4 Å². The third-order valence-corrected chi connectivity index (χ3v) is 7.02. The van der Waals surface area contributed by atoms with E-state index in [2.05, 4.69) is 27.1 Å². The van der Waals surface area contributed by atoms with Gasteiger partial charge in [-0.2, -0.15) is 5.10 Å². The van der Waals surface area contributed by atoms with Crippen LogP contribution in [0, 0.1) is 12.7 Å². The Bertz CT molecular complexity index is 1860. The summed E-state index contributed by atoms with van der Waals surface area (Å²) in [5.41, 5.74) is 8.14. The minimum atomic E-state index is -0.296. The number of carbonyl (C=O) groups is 1. The number of hydrogen-bond acceptors (Lipinski definition) is 3. The number of hydrogen-bond donors (Lipinski definition) is 3. The van der Waals surface area contributed by atoms with Crippen molar-refractivity contribution in [3.63, 3.8) is 0 Å². The Balaban J connectivity index is 1.44. The second kappa shape index (κ2) is 12.5. The smallest absolute Gasteiger partial charge is 0.228 e. The first kappa shape index (κ1) is 28.2. The summed E-state index contributed by atoms with van der Waals surface area (Å²) in [4.78, 5) is 20.9. The van der Waals surface area contributed by atoms with E-state index in [0.717, 1.165) is 50.1 Å². The van der Waals surface area contributed by atoms with Crippen LogP contribution in [0.1, 0.15) is 41.9 Å². The molecule has 3 N–H and O–H groups in total. The van der Waals surface area contributed by atoms with E-state index in [0.29, 0.717) is 17.2 Å². The van der Waals surface area contributed by atoms with Crippen molar-refractivity contribution in [3.8, 4) is 11.5 Å². The highest BCUT2D eigenvalue weighted by Gasteiger charge is 2.18. The molecule has 3 aromatic carbocycles. The van der Waals surface area contributed by atoms with Gasteiger partial charge in [-0.25, -0.2) is 9.37 Å². The SMILES string of the molecule is C=C/C(=C\C(=C/C)c1ccc2[nH]nc(-c3nc(/C(=C\C)c4cccc(F)c4)c(C)[nH]3)c2c1)NC(=O)Cc1ccccc1. The van der Waals surface area contributed by atoms with Crippen LogP contribution in [-0.2, 0) is 11.2 Å². The molecule has 0 aliphatic rings. The number of halogens is 1. The molecular weight excluding hydrogens is 525 g/mol. The zero-order valence-corrected chi connectivity index (χ0v) is 23.8. The van der Waals surface area contributed by atoms with Gasteiger partial charge >= 0.3 is 0 Å². The summed E-state index contributed by atoms with van der Waals surface area (Å²) in [7, 11) is 0. The molecule has 0 atom stereocenters. The molecule has 42 heavy (non-hydrogen) atoms. The number of nitrogens with zero attached hydrogens (tertiary/aromatic N) is 2. The molecule has 5 rings (SSSR count). The lowest BCUT2D eigenvalue weighted by molar-refractivity contribution is -0.119. The van der Waals surface area contributed by atoms with Crippen LogP contribution in [0.5, 0.6) is 0 Å². The normalized spacial score (nSPS) is 12.5. The molecule has 2 heterocycles. The fourth-order valence-electron chi connectivity index (χ4n) is 4.94. The van der Waals surface area contributed by atoms with Crippen molar-refractivity contribution in [2.45, 2.75) is 27.2 Å². The molecule has 0 spiro atoms. The highest BCUT2D eigenvalue weighted by atomic mass is 19.1. The number of H-pyrrole nitrogens is 2. The van der Waals surface area contributed by atoms with Crippen LogP contribution in [0.15, 0.2) is 109 Å². The molecule has 0 bridgehead atoms. The number of aromatic amines is 2. The van der Waals surface area contributed by atoms with E-state index in [1.807, 2.05) is 93.6 Å². The second-order valence-electron chi connectivity index (χ2n) is 9.86. The Labute approximate surface area is 244 Å². The van der Waals surface area contributed by atoms with Crippen LogP contribution in [0.2, 0.25) is 0 Å². The molecular formula is C35H32FN5O. The summed E-state index contributed by atoms with van der Waals surface area (Å²) >= 11 is 0. The zero-order chi connectivity index (χ0) is 29.6. The van der Waals surface area contributed by atoms with Crippen molar-refractivity contribution in [1.29, 1.82) is 0 Å². The molecule has 0 saturated carbocycles. The Hall–Kier alpha value is -5.30. The lowest BCUT2D eigenvalue weighted by atomic mass is 10.0. The molecule has 210 valence electrons. The van der Waals surface area contributed by atoms with Crippen LogP contribution in [0.25, 0.3) is 33.6 Å². The molecule has 0 radical (unpaired) electrons. The number of nitrogens with one attached hydrogen (secondary N) is 3. The molecule has 0 aliphatic heterocycles. The summed E-state index contributed by atoms with van der Waals surface area (Å²) in [5.74, 6) is 0.201. The largest absolute Gasteiger partial charge is 0.340 e. The minimum absolute atomic E-state index is 0.113. The van der Waals surface area contributed by atoms with Crippen molar-refractivity contribution < 1.29 is 9.18 Å². The molecule has 0 aliphatic carbocycles. The Morgan fingerprint density at radius 2 is 1.81 bits per heavy atom. The van der Waals surface area contributed by atoms with Crippen LogP contribution in [0.4, 0.5) is 4.39 Å². The fourth-order valence-corrected chi connectivity index (χ4v) is 4.94. The first-order chi connectivity index (χ1) is 20.4. The van der Waals surface area contributed by atoms with Crippen molar-refractivity contribution >= 4 is 28.0 Å². The molecule has 6 nitrogen and oxygen atoms in total. The summed E-state index contributed by atoms with van der Waals surface area (Å²) in [6, 6.07) is 22.1. The first-order valence-electron chi connectivity index (χ1n) is 13.7. The van der Waals surface area contributed by atoms with Gasteiger partial charge in [-0.15, -0.1) is 0 Å².